The number of halogens is 1. The Kier molecular flexibility index (Phi) is 7.06. The van der Waals surface area contributed by atoms with E-state index in [-0.39, 0.29) is 28.1 Å². The molecule has 11 heteroatoms. The van der Waals surface area contributed by atoms with Gasteiger partial charge < -0.3 is 4.90 Å². The summed E-state index contributed by atoms with van der Waals surface area (Å²) in [4.78, 5) is 21.9. The Morgan fingerprint density at radius 2 is 1.75 bits per heavy atom. The molecule has 4 rings (SSSR count). The van der Waals surface area contributed by atoms with Crippen LogP contribution in [-0.4, -0.2) is 53.8 Å². The quantitative estimate of drug-likeness (QED) is 0.278. The van der Waals surface area contributed by atoms with Gasteiger partial charge in [0.1, 0.15) is 10.5 Å². The average molecular weight is 511 g/mol. The summed E-state index contributed by atoms with van der Waals surface area (Å²) in [6, 6.07) is 9.33. The zero-order chi connectivity index (χ0) is 22.9. The molecular formula is C21H23ClN4O3S3. The van der Waals surface area contributed by atoms with Crippen molar-refractivity contribution in [2.24, 2.45) is 5.92 Å². The van der Waals surface area contributed by atoms with Crippen LogP contribution in [0.3, 0.4) is 0 Å². The summed E-state index contributed by atoms with van der Waals surface area (Å²) in [6.45, 7) is 1.48. The zero-order valence-corrected chi connectivity index (χ0v) is 20.4. The minimum atomic E-state index is -3.81. The molecule has 1 aromatic carbocycles. The van der Waals surface area contributed by atoms with Crippen molar-refractivity contribution in [3.05, 3.63) is 48.8 Å². The summed E-state index contributed by atoms with van der Waals surface area (Å²) in [5, 5.41) is 0. The van der Waals surface area contributed by atoms with Crippen molar-refractivity contribution in [3.8, 4) is 0 Å². The molecule has 2 unspecified atom stereocenters. The summed E-state index contributed by atoms with van der Waals surface area (Å²) in [5.41, 5.74) is 0.402. The highest BCUT2D eigenvalue weighted by atomic mass is 35.5. The molecular weight excluding hydrogens is 488 g/mol. The number of aromatic nitrogens is 1. The molecule has 2 saturated heterocycles. The molecule has 0 radical (unpaired) electrons. The minimum absolute atomic E-state index is 0.109. The maximum absolute atomic E-state index is 13.2. The maximum Gasteiger partial charge on any atom is 0.241 e. The van der Waals surface area contributed by atoms with Crippen LogP contribution in [-0.2, 0) is 14.8 Å². The van der Waals surface area contributed by atoms with E-state index < -0.39 is 21.6 Å². The van der Waals surface area contributed by atoms with Gasteiger partial charge >= 0.3 is 0 Å². The Morgan fingerprint density at radius 3 is 2.38 bits per heavy atom. The van der Waals surface area contributed by atoms with Gasteiger partial charge in [-0.1, -0.05) is 23.8 Å². The minimum Gasteiger partial charge on any atom is -0.371 e. The summed E-state index contributed by atoms with van der Waals surface area (Å²) >= 11 is 16.1. The van der Waals surface area contributed by atoms with E-state index in [1.807, 2.05) is 12.1 Å². The first-order chi connectivity index (χ1) is 15.3. The lowest BCUT2D eigenvalue weighted by Gasteiger charge is -2.35. The van der Waals surface area contributed by atoms with Gasteiger partial charge in [0.05, 0.1) is 10.9 Å². The van der Waals surface area contributed by atoms with Gasteiger partial charge in [-0.15, -0.1) is 12.6 Å². The molecule has 2 fully saturated rings. The summed E-state index contributed by atoms with van der Waals surface area (Å²) in [6.07, 6.45) is 5.08. The van der Waals surface area contributed by atoms with Crippen LogP contribution in [0.1, 0.15) is 19.3 Å². The number of likely N-dealkylation sites (tertiary alicyclic amines) is 1. The number of hydrogen-bond donors (Lipinski definition) is 2. The largest absolute Gasteiger partial charge is 0.371 e. The van der Waals surface area contributed by atoms with Gasteiger partial charge in [0.15, 0.2) is 0 Å². The van der Waals surface area contributed by atoms with Crippen molar-refractivity contribution >= 4 is 63.1 Å². The van der Waals surface area contributed by atoms with E-state index in [0.717, 1.165) is 18.8 Å². The predicted octanol–water partition coefficient (Wildman–Crippen LogP) is 3.06. The zero-order valence-electron chi connectivity index (χ0n) is 17.1. The van der Waals surface area contributed by atoms with Crippen LogP contribution in [0.4, 0.5) is 5.69 Å². The number of sulfonamides is 1. The Morgan fingerprint density at radius 1 is 1.12 bits per heavy atom. The molecule has 2 aromatic rings. The number of amides is 1. The van der Waals surface area contributed by atoms with Gasteiger partial charge in [0.25, 0.3) is 0 Å². The van der Waals surface area contributed by atoms with Crippen molar-refractivity contribution in [2.75, 3.05) is 18.0 Å². The number of thiol groups is 1. The Balaban J connectivity index is 1.40. The SMILES string of the molecule is O=C(C1CCN(c2ccncc2)CC1)N1C(=S)C(NS(=O)(=O)c2ccc(S)cc2)CC1Cl. The molecule has 7 nitrogen and oxygen atoms in total. The van der Waals surface area contributed by atoms with Gasteiger partial charge in [-0.25, -0.2) is 13.1 Å². The number of alkyl halides is 1. The van der Waals surface area contributed by atoms with Crippen LogP contribution in [0.5, 0.6) is 0 Å². The predicted molar refractivity (Wildman–Crippen MR) is 131 cm³/mol. The van der Waals surface area contributed by atoms with Gasteiger partial charge in [-0.3, -0.25) is 14.7 Å². The van der Waals surface area contributed by atoms with Crippen LogP contribution in [0.2, 0.25) is 0 Å². The second-order valence-corrected chi connectivity index (χ2v) is 11.0. The Hall–Kier alpha value is -1.72. The van der Waals surface area contributed by atoms with Crippen LogP contribution >= 0.6 is 36.4 Å². The second kappa shape index (κ2) is 9.64. The molecule has 2 aliphatic heterocycles. The monoisotopic (exact) mass is 510 g/mol. The standard InChI is InChI=1S/C21H23ClN4O3S3/c22-19-13-18(24-32(28,29)17-3-1-16(30)2-4-17)21(31)26(19)20(27)14-7-11-25(12-8-14)15-5-9-23-10-6-15/h1-6,9-10,14,18-19,24,30H,7-8,11-13H2. The fourth-order valence-corrected chi connectivity index (χ4v) is 6.31. The van der Waals surface area contributed by atoms with Crippen LogP contribution in [0, 0.1) is 5.92 Å². The molecule has 1 N–H and O–H groups in total. The van der Waals surface area contributed by atoms with Gasteiger partial charge in [-0.05, 0) is 49.2 Å². The molecule has 0 bridgehead atoms. The molecule has 0 saturated carbocycles. The number of nitrogens with zero attached hydrogens (tertiary/aromatic N) is 3. The van der Waals surface area contributed by atoms with E-state index in [0.29, 0.717) is 17.7 Å². The first kappa shape index (κ1) is 23.4. The number of carbonyl (C=O) groups is 1. The summed E-state index contributed by atoms with van der Waals surface area (Å²) in [5.74, 6) is -0.337. The lowest BCUT2D eigenvalue weighted by atomic mass is 9.95. The number of pyridine rings is 1. The highest BCUT2D eigenvalue weighted by Crippen LogP contribution is 2.31. The summed E-state index contributed by atoms with van der Waals surface area (Å²) in [7, 11) is -3.81. The lowest BCUT2D eigenvalue weighted by molar-refractivity contribution is -0.132. The van der Waals surface area contributed by atoms with Crippen molar-refractivity contribution in [1.29, 1.82) is 0 Å². The lowest BCUT2D eigenvalue weighted by Crippen LogP contribution is -2.47. The molecule has 0 spiro atoms. The van der Waals surface area contributed by atoms with Gasteiger partial charge in [0.2, 0.25) is 15.9 Å². The maximum atomic E-state index is 13.2. The van der Waals surface area contributed by atoms with Crippen LogP contribution < -0.4 is 9.62 Å². The van der Waals surface area contributed by atoms with Gasteiger partial charge in [-0.2, -0.15) is 0 Å². The smallest absolute Gasteiger partial charge is 0.241 e. The van der Waals surface area contributed by atoms with Crippen molar-refractivity contribution in [1.82, 2.24) is 14.6 Å². The number of nitrogens with one attached hydrogen (secondary N) is 1. The molecule has 3 heterocycles. The fourth-order valence-electron chi connectivity index (χ4n) is 4.07. The molecule has 1 amide bonds. The highest BCUT2D eigenvalue weighted by molar-refractivity contribution is 7.89. The number of anilines is 1. The van der Waals surface area contributed by atoms with E-state index in [2.05, 4.69) is 27.2 Å². The van der Waals surface area contributed by atoms with E-state index >= 15 is 0 Å². The molecule has 32 heavy (non-hydrogen) atoms. The number of rotatable bonds is 5. The van der Waals surface area contributed by atoms with Crippen LogP contribution in [0.15, 0.2) is 58.6 Å². The molecule has 0 aliphatic carbocycles. The number of carbonyl (C=O) groups excluding carboxylic acids is 1. The molecule has 2 aliphatic rings. The topological polar surface area (TPSA) is 82.6 Å². The number of piperidine rings is 1. The van der Waals surface area contributed by atoms with Gasteiger partial charge in [0, 0.05) is 48.4 Å². The van der Waals surface area contributed by atoms with Crippen molar-refractivity contribution in [2.45, 2.75) is 40.6 Å². The number of hydrogen-bond acceptors (Lipinski definition) is 7. The van der Waals surface area contributed by atoms with Crippen molar-refractivity contribution in [3.63, 3.8) is 0 Å². The van der Waals surface area contributed by atoms with E-state index in [1.54, 1.807) is 24.5 Å². The first-order valence-corrected chi connectivity index (χ1v) is 13.0. The fraction of sp³-hybridized carbons (Fsp3) is 0.381. The Bertz CT molecular complexity index is 1090. The van der Waals surface area contributed by atoms with Crippen molar-refractivity contribution < 1.29 is 13.2 Å². The van der Waals surface area contributed by atoms with Crippen LogP contribution in [0.25, 0.3) is 0 Å². The third-order valence-corrected chi connectivity index (χ3v) is 8.44. The first-order valence-electron chi connectivity index (χ1n) is 10.2. The van der Waals surface area contributed by atoms with E-state index in [4.69, 9.17) is 23.8 Å². The number of benzene rings is 1. The summed E-state index contributed by atoms with van der Waals surface area (Å²) < 4.78 is 28.1. The average Bonchev–Trinajstić information content (AvgIpc) is 3.06. The third-order valence-electron chi connectivity index (χ3n) is 5.80. The molecule has 1 aromatic heterocycles. The molecule has 170 valence electrons. The normalized spacial score (nSPS) is 22.4. The second-order valence-electron chi connectivity index (χ2n) is 7.85. The third kappa shape index (κ3) is 4.94. The molecule has 2 atom stereocenters. The van der Waals surface area contributed by atoms with E-state index in [9.17, 15) is 13.2 Å². The Labute approximate surface area is 203 Å². The highest BCUT2D eigenvalue weighted by Gasteiger charge is 2.43. The number of thiocarbonyl (C=S) groups is 1. The van der Waals surface area contributed by atoms with E-state index in [1.165, 1.54) is 17.0 Å².